The number of benzene rings is 3. The first-order valence-corrected chi connectivity index (χ1v) is 9.46. The molecule has 0 aliphatic carbocycles. The molecule has 0 bridgehead atoms. The Hall–Kier alpha value is -2.82. The lowest BCUT2D eigenvalue weighted by Crippen LogP contribution is -2.07. The fourth-order valence-electron chi connectivity index (χ4n) is 3.12. The Morgan fingerprint density at radius 3 is 2.07 bits per heavy atom. The van der Waals surface area contributed by atoms with Crippen molar-refractivity contribution in [3.05, 3.63) is 88.5 Å². The molecule has 3 aromatic rings. The number of nitrogens with one attached hydrogen (secondary N) is 1. The molecule has 1 atom stereocenters. The molecule has 1 unspecified atom stereocenters. The van der Waals surface area contributed by atoms with Crippen LogP contribution in [0.25, 0.3) is 0 Å². The minimum atomic E-state index is -0.590. The Morgan fingerprint density at radius 2 is 1.50 bits per heavy atom. The summed E-state index contributed by atoms with van der Waals surface area (Å²) in [7, 11) is 0. The third kappa shape index (κ3) is 4.91. The molecule has 0 radical (unpaired) electrons. The number of ether oxygens (including phenoxy) is 1. The average molecular weight is 377 g/mol. The molecule has 146 valence electrons. The summed E-state index contributed by atoms with van der Waals surface area (Å²) in [5.74, 6) is 1.59. The quantitative estimate of drug-likeness (QED) is 0.526. The Balaban J connectivity index is 1.68. The van der Waals surface area contributed by atoms with Crippen LogP contribution in [-0.4, -0.2) is 10.2 Å². The minimum absolute atomic E-state index is 0.0261. The predicted octanol–water partition coefficient (Wildman–Crippen LogP) is 5.25. The lowest BCUT2D eigenvalue weighted by molar-refractivity contribution is 0.197. The second-order valence-corrected chi connectivity index (χ2v) is 7.10. The van der Waals surface area contributed by atoms with Gasteiger partial charge in [-0.2, -0.15) is 0 Å². The van der Waals surface area contributed by atoms with E-state index in [-0.39, 0.29) is 6.61 Å². The smallest absolute Gasteiger partial charge is 0.127 e. The van der Waals surface area contributed by atoms with Crippen molar-refractivity contribution in [2.45, 2.75) is 40.0 Å². The largest absolute Gasteiger partial charge is 0.457 e. The molecular weight excluding hydrogens is 350 g/mol. The van der Waals surface area contributed by atoms with Crippen molar-refractivity contribution >= 4 is 5.69 Å². The summed E-state index contributed by atoms with van der Waals surface area (Å²) in [6, 6.07) is 19.7. The molecule has 0 spiro atoms. The standard InChI is InChI=1S/C24H27NO3/c1-16-4-8-22(9-5-16)28-23-10-6-21(7-11-23)25-14-19-12-17(2)20(15-26)13-24(19)18(3)27/h4-13,18,25-27H,14-15H2,1-3H3. The van der Waals surface area contributed by atoms with Gasteiger partial charge in [0.25, 0.3) is 0 Å². The van der Waals surface area contributed by atoms with Gasteiger partial charge in [-0.15, -0.1) is 0 Å². The molecule has 0 fully saturated rings. The highest BCUT2D eigenvalue weighted by molar-refractivity contribution is 5.49. The molecule has 0 aromatic heterocycles. The zero-order valence-electron chi connectivity index (χ0n) is 16.6. The van der Waals surface area contributed by atoms with Crippen LogP contribution in [0.2, 0.25) is 0 Å². The van der Waals surface area contributed by atoms with E-state index in [2.05, 4.69) is 5.32 Å². The van der Waals surface area contributed by atoms with Gasteiger partial charge >= 0.3 is 0 Å². The number of anilines is 1. The van der Waals surface area contributed by atoms with Crippen molar-refractivity contribution in [1.82, 2.24) is 0 Å². The summed E-state index contributed by atoms with van der Waals surface area (Å²) in [5, 5.41) is 22.9. The van der Waals surface area contributed by atoms with E-state index in [9.17, 15) is 10.2 Å². The van der Waals surface area contributed by atoms with Crippen LogP contribution >= 0.6 is 0 Å². The molecule has 0 aliphatic heterocycles. The van der Waals surface area contributed by atoms with Gasteiger partial charge in [0.1, 0.15) is 11.5 Å². The molecule has 3 aromatic carbocycles. The van der Waals surface area contributed by atoms with E-state index in [0.717, 1.165) is 39.4 Å². The molecule has 0 amide bonds. The number of aryl methyl sites for hydroxylation is 2. The molecule has 0 saturated heterocycles. The summed E-state index contributed by atoms with van der Waals surface area (Å²) < 4.78 is 5.86. The lowest BCUT2D eigenvalue weighted by atomic mass is 9.96. The maximum absolute atomic E-state index is 10.1. The van der Waals surface area contributed by atoms with Crippen molar-refractivity contribution in [1.29, 1.82) is 0 Å². The summed E-state index contributed by atoms with van der Waals surface area (Å²) in [4.78, 5) is 0. The highest BCUT2D eigenvalue weighted by atomic mass is 16.5. The van der Waals surface area contributed by atoms with Crippen LogP contribution in [0.1, 0.15) is 40.8 Å². The van der Waals surface area contributed by atoms with Gasteiger partial charge < -0.3 is 20.3 Å². The fraction of sp³-hybridized carbons (Fsp3) is 0.250. The van der Waals surface area contributed by atoms with Crippen molar-refractivity contribution in [3.8, 4) is 11.5 Å². The third-order valence-corrected chi connectivity index (χ3v) is 4.81. The van der Waals surface area contributed by atoms with Crippen LogP contribution in [0.3, 0.4) is 0 Å². The zero-order chi connectivity index (χ0) is 20.1. The monoisotopic (exact) mass is 377 g/mol. The Bertz CT molecular complexity index is 916. The van der Waals surface area contributed by atoms with E-state index in [1.54, 1.807) is 6.92 Å². The van der Waals surface area contributed by atoms with E-state index in [1.165, 1.54) is 5.56 Å². The fourth-order valence-corrected chi connectivity index (χ4v) is 3.12. The second kappa shape index (κ2) is 8.91. The summed E-state index contributed by atoms with van der Waals surface area (Å²) in [5.41, 5.74) is 5.89. The van der Waals surface area contributed by atoms with Crippen molar-refractivity contribution in [2.24, 2.45) is 0 Å². The highest BCUT2D eigenvalue weighted by Gasteiger charge is 2.11. The van der Waals surface area contributed by atoms with Crippen LogP contribution in [-0.2, 0) is 13.2 Å². The number of aliphatic hydroxyl groups is 2. The molecule has 0 saturated carbocycles. The van der Waals surface area contributed by atoms with Gasteiger partial charge in [-0.05, 0) is 79.4 Å². The normalized spacial score (nSPS) is 11.9. The topological polar surface area (TPSA) is 61.7 Å². The first-order valence-electron chi connectivity index (χ1n) is 9.46. The molecule has 0 heterocycles. The number of hydrogen-bond acceptors (Lipinski definition) is 4. The molecular formula is C24H27NO3. The summed E-state index contributed by atoms with van der Waals surface area (Å²) >= 11 is 0. The van der Waals surface area contributed by atoms with E-state index in [0.29, 0.717) is 6.54 Å². The maximum atomic E-state index is 10.1. The molecule has 28 heavy (non-hydrogen) atoms. The zero-order valence-corrected chi connectivity index (χ0v) is 16.6. The van der Waals surface area contributed by atoms with Gasteiger partial charge in [-0.3, -0.25) is 0 Å². The maximum Gasteiger partial charge on any atom is 0.127 e. The van der Waals surface area contributed by atoms with Gasteiger partial charge in [-0.25, -0.2) is 0 Å². The average Bonchev–Trinajstić information content (AvgIpc) is 2.69. The van der Waals surface area contributed by atoms with Crippen molar-refractivity contribution in [2.75, 3.05) is 5.32 Å². The van der Waals surface area contributed by atoms with Crippen molar-refractivity contribution < 1.29 is 14.9 Å². The number of rotatable bonds is 7. The van der Waals surface area contributed by atoms with Gasteiger partial charge in [0, 0.05) is 12.2 Å². The molecule has 3 rings (SSSR count). The van der Waals surface area contributed by atoms with E-state index >= 15 is 0 Å². The molecule has 0 aliphatic rings. The summed E-state index contributed by atoms with van der Waals surface area (Å²) in [6.45, 7) is 6.32. The number of hydrogen-bond donors (Lipinski definition) is 3. The van der Waals surface area contributed by atoms with E-state index in [1.807, 2.05) is 74.5 Å². The van der Waals surface area contributed by atoms with Gasteiger partial charge in [-0.1, -0.05) is 29.8 Å². The summed E-state index contributed by atoms with van der Waals surface area (Å²) in [6.07, 6.45) is -0.590. The van der Waals surface area contributed by atoms with Gasteiger partial charge in [0.2, 0.25) is 0 Å². The van der Waals surface area contributed by atoms with E-state index < -0.39 is 6.10 Å². The SMILES string of the molecule is Cc1ccc(Oc2ccc(NCc3cc(C)c(CO)cc3C(C)O)cc2)cc1. The molecule has 3 N–H and O–H groups in total. The second-order valence-electron chi connectivity index (χ2n) is 7.10. The predicted molar refractivity (Wildman–Crippen MR) is 113 cm³/mol. The van der Waals surface area contributed by atoms with Gasteiger partial charge in [0.05, 0.1) is 12.7 Å². The molecule has 4 nitrogen and oxygen atoms in total. The first-order chi connectivity index (χ1) is 13.5. The molecule has 4 heteroatoms. The van der Waals surface area contributed by atoms with E-state index in [4.69, 9.17) is 4.74 Å². The Morgan fingerprint density at radius 1 is 0.893 bits per heavy atom. The third-order valence-electron chi connectivity index (χ3n) is 4.81. The highest BCUT2D eigenvalue weighted by Crippen LogP contribution is 2.26. The minimum Gasteiger partial charge on any atom is -0.457 e. The number of aliphatic hydroxyl groups excluding tert-OH is 2. The lowest BCUT2D eigenvalue weighted by Gasteiger charge is -2.17. The van der Waals surface area contributed by atoms with Crippen molar-refractivity contribution in [3.63, 3.8) is 0 Å². The van der Waals surface area contributed by atoms with Crippen LogP contribution < -0.4 is 10.1 Å². The van der Waals surface area contributed by atoms with Gasteiger partial charge in [0.15, 0.2) is 0 Å². The van der Waals surface area contributed by atoms with Crippen LogP contribution in [0.5, 0.6) is 11.5 Å². The van der Waals surface area contributed by atoms with Crippen LogP contribution in [0.15, 0.2) is 60.7 Å². The van der Waals surface area contributed by atoms with Crippen LogP contribution in [0, 0.1) is 13.8 Å². The Kier molecular flexibility index (Phi) is 6.34. The van der Waals surface area contributed by atoms with Crippen LogP contribution in [0.4, 0.5) is 5.69 Å². The first kappa shape index (κ1) is 19.9. The Labute approximate surface area is 166 Å².